The summed E-state index contributed by atoms with van der Waals surface area (Å²) < 4.78 is 0. The van der Waals surface area contributed by atoms with Crippen molar-refractivity contribution < 1.29 is 14.4 Å². The van der Waals surface area contributed by atoms with E-state index in [0.717, 1.165) is 4.90 Å². The smallest absolute Gasteiger partial charge is 0.240 e. The van der Waals surface area contributed by atoms with E-state index in [1.807, 2.05) is 32.9 Å². The molecule has 20 heavy (non-hydrogen) atoms. The van der Waals surface area contributed by atoms with Crippen LogP contribution in [0.1, 0.15) is 33.6 Å². The molecule has 3 amide bonds. The molecule has 0 aromatic heterocycles. The van der Waals surface area contributed by atoms with Gasteiger partial charge in [-0.05, 0) is 25.7 Å². The maximum Gasteiger partial charge on any atom is 0.240 e. The molecule has 2 rings (SSSR count). The van der Waals surface area contributed by atoms with Crippen LogP contribution in [0.4, 0.5) is 0 Å². The van der Waals surface area contributed by atoms with Crippen LogP contribution in [0.15, 0.2) is 12.2 Å². The highest BCUT2D eigenvalue weighted by atomic mass is 16.2. The topological polar surface area (TPSA) is 66.5 Å². The summed E-state index contributed by atoms with van der Waals surface area (Å²) in [6, 6.07) is 0.0271. The fraction of sp³-hybridized carbons (Fsp3) is 0.667. The highest BCUT2D eigenvalue weighted by Crippen LogP contribution is 2.34. The van der Waals surface area contributed by atoms with E-state index < -0.39 is 0 Å². The highest BCUT2D eigenvalue weighted by molar-refractivity contribution is 6.07. The number of allylic oxidation sites excluding steroid dienone is 2. The Hall–Kier alpha value is -1.65. The van der Waals surface area contributed by atoms with Crippen LogP contribution in [-0.2, 0) is 14.4 Å². The van der Waals surface area contributed by atoms with E-state index in [1.165, 1.54) is 0 Å². The Balaban J connectivity index is 1.98. The lowest BCUT2D eigenvalue weighted by atomic mass is 9.85. The zero-order chi connectivity index (χ0) is 14.9. The number of rotatable bonds is 4. The van der Waals surface area contributed by atoms with Gasteiger partial charge in [0.15, 0.2) is 0 Å². The third-order valence-corrected chi connectivity index (χ3v) is 4.29. The summed E-state index contributed by atoms with van der Waals surface area (Å²) in [5, 5.41) is 2.83. The number of carbonyl (C=O) groups excluding carboxylic acids is 3. The predicted molar refractivity (Wildman–Crippen MR) is 74.5 cm³/mol. The number of hydrogen-bond donors (Lipinski definition) is 1. The van der Waals surface area contributed by atoms with Crippen LogP contribution < -0.4 is 5.32 Å². The molecule has 0 aromatic carbocycles. The number of hydrogen-bond acceptors (Lipinski definition) is 3. The van der Waals surface area contributed by atoms with Gasteiger partial charge in [-0.25, -0.2) is 0 Å². The first-order chi connectivity index (χ1) is 9.41. The largest absolute Gasteiger partial charge is 0.352 e. The summed E-state index contributed by atoms with van der Waals surface area (Å²) in [5.41, 5.74) is 0. The van der Waals surface area contributed by atoms with Crippen molar-refractivity contribution in [1.82, 2.24) is 10.2 Å². The second kappa shape index (κ2) is 5.77. The lowest BCUT2D eigenvalue weighted by Crippen LogP contribution is -2.45. The van der Waals surface area contributed by atoms with E-state index in [9.17, 15) is 14.4 Å². The zero-order valence-corrected chi connectivity index (χ0v) is 12.3. The van der Waals surface area contributed by atoms with E-state index in [-0.39, 0.29) is 42.1 Å². The minimum atomic E-state index is -0.264. The van der Waals surface area contributed by atoms with Gasteiger partial charge in [-0.15, -0.1) is 0 Å². The van der Waals surface area contributed by atoms with Crippen molar-refractivity contribution in [3.05, 3.63) is 12.2 Å². The Labute approximate surface area is 119 Å². The van der Waals surface area contributed by atoms with Crippen LogP contribution in [0.25, 0.3) is 0 Å². The molecule has 1 heterocycles. The summed E-state index contributed by atoms with van der Waals surface area (Å²) in [7, 11) is 0. The molecule has 110 valence electrons. The third-order valence-electron chi connectivity index (χ3n) is 4.29. The first-order valence-electron chi connectivity index (χ1n) is 7.21. The van der Waals surface area contributed by atoms with Crippen molar-refractivity contribution >= 4 is 17.7 Å². The van der Waals surface area contributed by atoms with E-state index >= 15 is 0 Å². The van der Waals surface area contributed by atoms with Gasteiger partial charge < -0.3 is 5.32 Å². The molecule has 5 heteroatoms. The first kappa shape index (κ1) is 14.8. The van der Waals surface area contributed by atoms with Gasteiger partial charge in [-0.1, -0.05) is 26.0 Å². The maximum absolute atomic E-state index is 12.2. The maximum atomic E-state index is 12.2. The van der Waals surface area contributed by atoms with Gasteiger partial charge in [-0.2, -0.15) is 0 Å². The highest BCUT2D eigenvalue weighted by Gasteiger charge is 2.47. The van der Waals surface area contributed by atoms with Crippen molar-refractivity contribution in [3.63, 3.8) is 0 Å². The van der Waals surface area contributed by atoms with Crippen molar-refractivity contribution in [3.8, 4) is 0 Å². The number of imide groups is 1. The number of fused-ring (bicyclic) bond motifs is 1. The van der Waals surface area contributed by atoms with Gasteiger partial charge in [0.05, 0.1) is 11.8 Å². The number of nitrogens with one attached hydrogen (secondary N) is 1. The SMILES string of the molecule is CC(C)[C@H](C)NC(=O)CN1C(=O)[C@H]2CC=CC[C@@H]2C1=O. The van der Waals surface area contributed by atoms with Gasteiger partial charge in [0, 0.05) is 6.04 Å². The van der Waals surface area contributed by atoms with Crippen LogP contribution in [0.2, 0.25) is 0 Å². The molecule has 5 nitrogen and oxygen atoms in total. The third kappa shape index (κ3) is 2.76. The first-order valence-corrected chi connectivity index (χ1v) is 7.21. The minimum absolute atomic E-state index is 0.0271. The fourth-order valence-electron chi connectivity index (χ4n) is 2.63. The second-order valence-electron chi connectivity index (χ2n) is 6.02. The summed E-state index contributed by atoms with van der Waals surface area (Å²) in [6.45, 7) is 5.79. The van der Waals surface area contributed by atoms with Crippen LogP contribution in [-0.4, -0.2) is 35.2 Å². The Morgan fingerprint density at radius 3 is 2.15 bits per heavy atom. The quantitative estimate of drug-likeness (QED) is 0.618. The van der Waals surface area contributed by atoms with Crippen LogP contribution in [0, 0.1) is 17.8 Å². The predicted octanol–water partition coefficient (Wildman–Crippen LogP) is 1.10. The van der Waals surface area contributed by atoms with Gasteiger partial charge in [0.2, 0.25) is 17.7 Å². The molecular weight excluding hydrogens is 256 g/mol. The number of likely N-dealkylation sites (tertiary alicyclic amines) is 1. The summed E-state index contributed by atoms with van der Waals surface area (Å²) in [5.74, 6) is -0.866. The Morgan fingerprint density at radius 2 is 1.70 bits per heavy atom. The molecule has 1 saturated heterocycles. The van der Waals surface area contributed by atoms with Gasteiger partial charge in [0.1, 0.15) is 6.54 Å². The Bertz CT molecular complexity index is 430. The molecule has 1 aliphatic carbocycles. The molecule has 0 radical (unpaired) electrons. The monoisotopic (exact) mass is 278 g/mol. The molecule has 1 aliphatic heterocycles. The molecule has 2 aliphatic rings. The van der Waals surface area contributed by atoms with Crippen LogP contribution >= 0.6 is 0 Å². The molecule has 0 saturated carbocycles. The van der Waals surface area contributed by atoms with Crippen molar-refractivity contribution in [2.75, 3.05) is 6.54 Å². The minimum Gasteiger partial charge on any atom is -0.352 e. The van der Waals surface area contributed by atoms with E-state index in [0.29, 0.717) is 18.8 Å². The molecule has 0 spiro atoms. The number of nitrogens with zero attached hydrogens (tertiary/aromatic N) is 1. The zero-order valence-electron chi connectivity index (χ0n) is 12.3. The van der Waals surface area contributed by atoms with E-state index in [2.05, 4.69) is 5.32 Å². The Morgan fingerprint density at radius 1 is 1.20 bits per heavy atom. The van der Waals surface area contributed by atoms with E-state index in [1.54, 1.807) is 0 Å². The molecule has 1 N–H and O–H groups in total. The summed E-state index contributed by atoms with van der Waals surface area (Å²) >= 11 is 0. The average Bonchev–Trinajstić information content (AvgIpc) is 2.64. The van der Waals surface area contributed by atoms with Crippen LogP contribution in [0.3, 0.4) is 0 Å². The van der Waals surface area contributed by atoms with Crippen molar-refractivity contribution in [2.24, 2.45) is 17.8 Å². The van der Waals surface area contributed by atoms with E-state index in [4.69, 9.17) is 0 Å². The van der Waals surface area contributed by atoms with Crippen LogP contribution in [0.5, 0.6) is 0 Å². The lowest BCUT2D eigenvalue weighted by molar-refractivity contribution is -0.143. The van der Waals surface area contributed by atoms with Gasteiger partial charge in [-0.3, -0.25) is 19.3 Å². The Kier molecular flexibility index (Phi) is 4.26. The molecular formula is C15H22N2O3. The normalized spacial score (nSPS) is 26.9. The summed E-state index contributed by atoms with van der Waals surface area (Å²) in [4.78, 5) is 37.5. The molecule has 3 atom stereocenters. The lowest BCUT2D eigenvalue weighted by Gasteiger charge is -2.20. The van der Waals surface area contributed by atoms with Gasteiger partial charge >= 0.3 is 0 Å². The molecule has 0 unspecified atom stereocenters. The second-order valence-corrected chi connectivity index (χ2v) is 6.02. The number of amides is 3. The van der Waals surface area contributed by atoms with Crippen molar-refractivity contribution in [2.45, 2.75) is 39.7 Å². The fourth-order valence-corrected chi connectivity index (χ4v) is 2.63. The molecule has 0 bridgehead atoms. The summed E-state index contributed by atoms with van der Waals surface area (Å²) in [6.07, 6.45) is 5.10. The number of carbonyl (C=O) groups is 3. The molecule has 1 fully saturated rings. The van der Waals surface area contributed by atoms with Gasteiger partial charge in [0.25, 0.3) is 0 Å². The van der Waals surface area contributed by atoms with Crippen molar-refractivity contribution in [1.29, 1.82) is 0 Å². The molecule has 0 aromatic rings. The standard InChI is InChI=1S/C15H22N2O3/c1-9(2)10(3)16-13(18)8-17-14(19)11-6-4-5-7-12(11)15(17)20/h4-5,9-12H,6-8H2,1-3H3,(H,16,18)/t10-,11-,12-/m0/s1. The average molecular weight is 278 g/mol.